The molecule has 0 saturated heterocycles. The number of aromatic nitrogens is 2. The van der Waals surface area contributed by atoms with E-state index in [-0.39, 0.29) is 12.1 Å². The van der Waals surface area contributed by atoms with Crippen LogP contribution >= 0.6 is 0 Å². The lowest BCUT2D eigenvalue weighted by atomic mass is 10.0. The molecule has 110 valence electrons. The summed E-state index contributed by atoms with van der Waals surface area (Å²) in [5.41, 5.74) is 1.76. The second-order valence-electron chi connectivity index (χ2n) is 5.68. The van der Waals surface area contributed by atoms with Gasteiger partial charge in [-0.25, -0.2) is 13.6 Å². The highest BCUT2D eigenvalue weighted by atomic mass is 19.3. The van der Waals surface area contributed by atoms with Gasteiger partial charge in [0.1, 0.15) is 0 Å². The van der Waals surface area contributed by atoms with Gasteiger partial charge in [0, 0.05) is 50.2 Å². The topological polar surface area (TPSA) is 58.4 Å². The normalized spacial score (nSPS) is 24.4. The van der Waals surface area contributed by atoms with Crippen LogP contribution in [0.5, 0.6) is 0 Å². The average molecular weight is 285 g/mol. The molecule has 1 fully saturated rings. The number of aromatic carboxylic acids is 1. The molecule has 1 unspecified atom stereocenters. The minimum atomic E-state index is -2.47. The maximum atomic E-state index is 12.9. The molecule has 0 aromatic carbocycles. The molecule has 0 spiro atoms. The van der Waals surface area contributed by atoms with Crippen molar-refractivity contribution < 1.29 is 18.7 Å². The first-order valence-electron chi connectivity index (χ1n) is 6.76. The number of alkyl halides is 2. The fourth-order valence-electron chi connectivity index (χ4n) is 2.93. The summed E-state index contributed by atoms with van der Waals surface area (Å²) >= 11 is 0. The maximum Gasteiger partial charge on any atom is 0.356 e. The van der Waals surface area contributed by atoms with Gasteiger partial charge in [0.05, 0.1) is 0 Å². The van der Waals surface area contributed by atoms with Crippen molar-refractivity contribution in [2.24, 2.45) is 13.0 Å². The Balaban J connectivity index is 1.67. The summed E-state index contributed by atoms with van der Waals surface area (Å²) in [7, 11) is 1.74. The number of carboxylic acids is 1. The smallest absolute Gasteiger partial charge is 0.356 e. The third kappa shape index (κ3) is 2.30. The van der Waals surface area contributed by atoms with Crippen LogP contribution in [0.4, 0.5) is 8.78 Å². The lowest BCUT2D eigenvalue weighted by Crippen LogP contribution is -2.32. The van der Waals surface area contributed by atoms with Crippen LogP contribution in [-0.2, 0) is 20.0 Å². The largest absolute Gasteiger partial charge is 0.476 e. The van der Waals surface area contributed by atoms with Crippen molar-refractivity contribution in [1.82, 2.24) is 14.7 Å². The summed E-state index contributed by atoms with van der Waals surface area (Å²) in [6, 6.07) is 0. The number of hydrogen-bond acceptors (Lipinski definition) is 3. The summed E-state index contributed by atoms with van der Waals surface area (Å²) in [6.45, 7) is 1.85. The first-order valence-corrected chi connectivity index (χ1v) is 6.76. The molecule has 5 nitrogen and oxygen atoms in total. The van der Waals surface area contributed by atoms with Gasteiger partial charge < -0.3 is 5.11 Å². The van der Waals surface area contributed by atoms with Crippen molar-refractivity contribution in [2.75, 3.05) is 13.1 Å². The van der Waals surface area contributed by atoms with Gasteiger partial charge in [0.2, 0.25) is 0 Å². The van der Waals surface area contributed by atoms with Crippen LogP contribution in [-0.4, -0.2) is 44.8 Å². The molecule has 20 heavy (non-hydrogen) atoms. The van der Waals surface area contributed by atoms with Crippen molar-refractivity contribution in [3.63, 3.8) is 0 Å². The van der Waals surface area contributed by atoms with Gasteiger partial charge in [-0.3, -0.25) is 9.58 Å². The van der Waals surface area contributed by atoms with Gasteiger partial charge in [0.25, 0.3) is 5.92 Å². The van der Waals surface area contributed by atoms with Crippen molar-refractivity contribution in [3.05, 3.63) is 17.0 Å². The second-order valence-corrected chi connectivity index (χ2v) is 5.68. The zero-order chi connectivity index (χ0) is 14.5. The molecule has 1 N–H and O–H groups in total. The molecular formula is C13H17F2N3O2. The predicted molar refractivity (Wildman–Crippen MR) is 66.8 cm³/mol. The molecule has 0 amide bonds. The van der Waals surface area contributed by atoms with E-state index in [1.807, 2.05) is 4.90 Å². The van der Waals surface area contributed by atoms with E-state index in [2.05, 4.69) is 5.10 Å². The standard InChI is InChI=1S/C13H17F2N3O2/c1-17-10-3-5-18(4-2-8-6-13(8,14)15)7-9(10)11(16-17)12(19)20/h8H,2-7H2,1H3,(H,19,20). The Kier molecular flexibility index (Phi) is 3.04. The number of aryl methyl sites for hydroxylation is 1. The van der Waals surface area contributed by atoms with Crippen LogP contribution in [0.1, 0.15) is 34.6 Å². The molecule has 1 aliphatic heterocycles. The molecule has 0 bridgehead atoms. The van der Waals surface area contributed by atoms with E-state index < -0.39 is 17.8 Å². The van der Waals surface area contributed by atoms with Crippen LogP contribution in [0, 0.1) is 5.92 Å². The van der Waals surface area contributed by atoms with E-state index >= 15 is 0 Å². The van der Waals surface area contributed by atoms with E-state index in [0.717, 1.165) is 17.8 Å². The molecule has 1 saturated carbocycles. The Morgan fingerprint density at radius 2 is 2.25 bits per heavy atom. The Bertz CT molecular complexity index is 556. The summed E-state index contributed by atoms with van der Waals surface area (Å²) < 4.78 is 27.3. The minimum absolute atomic E-state index is 0.000636. The van der Waals surface area contributed by atoms with E-state index in [1.54, 1.807) is 11.7 Å². The maximum absolute atomic E-state index is 12.9. The van der Waals surface area contributed by atoms with Crippen molar-refractivity contribution >= 4 is 5.97 Å². The van der Waals surface area contributed by atoms with Crippen molar-refractivity contribution in [2.45, 2.75) is 31.7 Å². The third-order valence-corrected chi connectivity index (χ3v) is 4.27. The van der Waals surface area contributed by atoms with E-state index in [4.69, 9.17) is 5.11 Å². The van der Waals surface area contributed by atoms with Gasteiger partial charge in [-0.05, 0) is 13.0 Å². The number of rotatable bonds is 4. The first kappa shape index (κ1) is 13.5. The van der Waals surface area contributed by atoms with Crippen LogP contribution in [0.25, 0.3) is 0 Å². The van der Waals surface area contributed by atoms with Crippen LogP contribution in [0.15, 0.2) is 0 Å². The molecule has 2 aliphatic rings. The lowest BCUT2D eigenvalue weighted by Gasteiger charge is -2.27. The Hall–Kier alpha value is -1.50. The molecule has 3 rings (SSSR count). The fraction of sp³-hybridized carbons (Fsp3) is 0.692. The predicted octanol–water partition coefficient (Wildman–Crippen LogP) is 1.52. The van der Waals surface area contributed by atoms with Gasteiger partial charge in [-0.1, -0.05) is 0 Å². The number of hydrogen-bond donors (Lipinski definition) is 1. The van der Waals surface area contributed by atoms with Crippen LogP contribution in [0.2, 0.25) is 0 Å². The molecule has 2 heterocycles. The van der Waals surface area contributed by atoms with Crippen molar-refractivity contribution in [1.29, 1.82) is 0 Å². The minimum Gasteiger partial charge on any atom is -0.476 e. The molecule has 0 radical (unpaired) electrons. The summed E-state index contributed by atoms with van der Waals surface area (Å²) in [4.78, 5) is 13.2. The Labute approximate surface area is 115 Å². The highest BCUT2D eigenvalue weighted by molar-refractivity contribution is 5.87. The molecule has 7 heteroatoms. The number of fused-ring (bicyclic) bond motifs is 1. The highest BCUT2D eigenvalue weighted by Crippen LogP contribution is 2.50. The SMILES string of the molecule is Cn1nc(C(=O)O)c2c1CCN(CCC1CC1(F)F)C2. The fourth-order valence-corrected chi connectivity index (χ4v) is 2.93. The molecule has 1 aliphatic carbocycles. The van der Waals surface area contributed by atoms with E-state index in [1.165, 1.54) is 0 Å². The van der Waals surface area contributed by atoms with Gasteiger partial charge >= 0.3 is 5.97 Å². The highest BCUT2D eigenvalue weighted by Gasteiger charge is 2.56. The molecule has 1 aromatic rings. The monoisotopic (exact) mass is 285 g/mol. The number of halogens is 2. The van der Waals surface area contributed by atoms with Crippen molar-refractivity contribution in [3.8, 4) is 0 Å². The van der Waals surface area contributed by atoms with Crippen LogP contribution in [0.3, 0.4) is 0 Å². The van der Waals surface area contributed by atoms with Gasteiger partial charge in [0.15, 0.2) is 5.69 Å². The second kappa shape index (κ2) is 4.51. The zero-order valence-electron chi connectivity index (χ0n) is 11.3. The molecule has 1 aromatic heterocycles. The Morgan fingerprint density at radius 1 is 1.55 bits per heavy atom. The number of carbonyl (C=O) groups is 1. The van der Waals surface area contributed by atoms with Gasteiger partial charge in [-0.2, -0.15) is 5.10 Å². The number of carboxylic acid groups (broad SMARTS) is 1. The zero-order valence-corrected chi connectivity index (χ0v) is 11.3. The summed E-state index contributed by atoms with van der Waals surface area (Å²) in [6.07, 6.45) is 1.19. The summed E-state index contributed by atoms with van der Waals surface area (Å²) in [5, 5.41) is 13.2. The Morgan fingerprint density at radius 3 is 2.85 bits per heavy atom. The number of nitrogens with zero attached hydrogens (tertiary/aromatic N) is 3. The summed E-state index contributed by atoms with van der Waals surface area (Å²) in [5.74, 6) is -3.99. The van der Waals surface area contributed by atoms with E-state index in [9.17, 15) is 13.6 Å². The van der Waals surface area contributed by atoms with Crippen LogP contribution < -0.4 is 0 Å². The first-order chi connectivity index (χ1) is 9.38. The average Bonchev–Trinajstić information content (AvgIpc) is 2.85. The third-order valence-electron chi connectivity index (χ3n) is 4.27. The van der Waals surface area contributed by atoms with Gasteiger partial charge in [-0.15, -0.1) is 0 Å². The quantitative estimate of drug-likeness (QED) is 0.911. The molecular weight excluding hydrogens is 268 g/mol. The molecule has 1 atom stereocenters. The van der Waals surface area contributed by atoms with E-state index in [0.29, 0.717) is 25.9 Å². The lowest BCUT2D eigenvalue weighted by molar-refractivity contribution is 0.0687.